The van der Waals surface area contributed by atoms with Gasteiger partial charge in [0.2, 0.25) is 0 Å². The number of hydrogen-bond donors (Lipinski definition) is 0. The summed E-state index contributed by atoms with van der Waals surface area (Å²) in [6.07, 6.45) is 2.10. The fourth-order valence-corrected chi connectivity index (χ4v) is 6.90. The molecule has 0 aliphatic carbocycles. The van der Waals surface area contributed by atoms with Gasteiger partial charge >= 0.3 is 0 Å². The van der Waals surface area contributed by atoms with Gasteiger partial charge in [-0.1, -0.05) is 12.1 Å². The van der Waals surface area contributed by atoms with Crippen LogP contribution in [-0.4, -0.2) is 38.7 Å². The van der Waals surface area contributed by atoms with Gasteiger partial charge in [-0.3, -0.25) is 9.20 Å². The van der Waals surface area contributed by atoms with Crippen molar-refractivity contribution in [3.8, 4) is 0 Å². The van der Waals surface area contributed by atoms with Crippen LogP contribution in [0.25, 0.3) is 4.96 Å². The minimum atomic E-state index is 0.0459. The summed E-state index contributed by atoms with van der Waals surface area (Å²) in [6.45, 7) is 4.64. The monoisotopic (exact) mass is 403 g/mol. The van der Waals surface area contributed by atoms with E-state index < -0.39 is 0 Å². The summed E-state index contributed by atoms with van der Waals surface area (Å²) in [5, 5.41) is 0. The Morgan fingerprint density at radius 1 is 1.23 bits per heavy atom. The predicted molar refractivity (Wildman–Crippen MR) is 112 cm³/mol. The highest BCUT2D eigenvalue weighted by atomic mass is 32.2. The molecule has 0 spiro atoms. The summed E-state index contributed by atoms with van der Waals surface area (Å²) in [7, 11) is 1.86. The second kappa shape index (κ2) is 7.29. The van der Waals surface area contributed by atoms with Crippen molar-refractivity contribution in [2.45, 2.75) is 25.0 Å². The van der Waals surface area contributed by atoms with Gasteiger partial charge in [0, 0.05) is 35.2 Å². The Bertz CT molecular complexity index is 939. The first-order valence-corrected chi connectivity index (χ1v) is 11.5. The number of imidazole rings is 1. The van der Waals surface area contributed by atoms with Gasteiger partial charge < -0.3 is 4.90 Å². The van der Waals surface area contributed by atoms with E-state index in [9.17, 15) is 4.79 Å². The molecule has 2 aromatic heterocycles. The zero-order valence-electron chi connectivity index (χ0n) is 15.1. The van der Waals surface area contributed by atoms with Crippen molar-refractivity contribution in [1.29, 1.82) is 0 Å². The standard InChI is InChI=1S/C19H21N3OS3/c1-12-10-22-16(13(2)20-19(22)26-12)11-21(3)17(23)14-4-6-15(7-5-14)18-24-8-9-25-18/h4-7,10,18H,8-9,11H2,1-3H3. The Morgan fingerprint density at radius 2 is 1.92 bits per heavy atom. The summed E-state index contributed by atoms with van der Waals surface area (Å²) in [5.41, 5.74) is 4.11. The topological polar surface area (TPSA) is 37.6 Å². The molecule has 0 unspecified atom stereocenters. The number of nitrogens with zero attached hydrogens (tertiary/aromatic N) is 3. The van der Waals surface area contributed by atoms with Crippen LogP contribution in [0, 0.1) is 13.8 Å². The molecule has 1 aliphatic rings. The number of aromatic nitrogens is 2. The maximum Gasteiger partial charge on any atom is 0.253 e. The second-order valence-corrected chi connectivity index (χ2v) is 10.4. The van der Waals surface area contributed by atoms with Crippen molar-refractivity contribution in [1.82, 2.24) is 14.3 Å². The molecule has 0 N–H and O–H groups in total. The van der Waals surface area contributed by atoms with Crippen LogP contribution in [-0.2, 0) is 6.54 Å². The van der Waals surface area contributed by atoms with Crippen LogP contribution in [0.1, 0.15) is 36.8 Å². The molecule has 1 saturated heterocycles. The summed E-state index contributed by atoms with van der Waals surface area (Å²) in [5.74, 6) is 2.46. The van der Waals surface area contributed by atoms with E-state index in [1.807, 2.05) is 49.6 Å². The molecule has 4 rings (SSSR count). The molecule has 1 fully saturated rings. The quantitative estimate of drug-likeness (QED) is 0.629. The highest BCUT2D eigenvalue weighted by Gasteiger charge is 2.20. The van der Waals surface area contributed by atoms with Crippen LogP contribution in [0.5, 0.6) is 0 Å². The summed E-state index contributed by atoms with van der Waals surface area (Å²) in [6, 6.07) is 8.12. The number of amides is 1. The lowest BCUT2D eigenvalue weighted by molar-refractivity contribution is 0.0783. The number of carbonyl (C=O) groups is 1. The summed E-state index contributed by atoms with van der Waals surface area (Å²) >= 11 is 5.64. The SMILES string of the molecule is Cc1cn2c(CN(C)C(=O)c3ccc(C4SCCS4)cc3)c(C)nc2s1. The molecule has 3 aromatic rings. The van der Waals surface area contributed by atoms with Gasteiger partial charge in [0.15, 0.2) is 4.96 Å². The largest absolute Gasteiger partial charge is 0.336 e. The smallest absolute Gasteiger partial charge is 0.253 e. The lowest BCUT2D eigenvalue weighted by Crippen LogP contribution is -2.27. The minimum absolute atomic E-state index is 0.0459. The zero-order chi connectivity index (χ0) is 18.3. The van der Waals surface area contributed by atoms with Crippen LogP contribution >= 0.6 is 34.9 Å². The fourth-order valence-electron chi connectivity index (χ4n) is 3.15. The molecule has 3 heterocycles. The Hall–Kier alpha value is -1.44. The third-order valence-electron chi connectivity index (χ3n) is 4.53. The Kier molecular flexibility index (Phi) is 5.03. The Labute approximate surface area is 166 Å². The lowest BCUT2D eigenvalue weighted by atomic mass is 10.1. The first-order valence-electron chi connectivity index (χ1n) is 8.55. The van der Waals surface area contributed by atoms with E-state index in [-0.39, 0.29) is 5.91 Å². The average Bonchev–Trinajstić information content (AvgIpc) is 3.33. The van der Waals surface area contributed by atoms with Crippen LogP contribution in [0.2, 0.25) is 0 Å². The van der Waals surface area contributed by atoms with E-state index in [0.717, 1.165) is 21.9 Å². The van der Waals surface area contributed by atoms with Gasteiger partial charge in [0.1, 0.15) is 0 Å². The van der Waals surface area contributed by atoms with Gasteiger partial charge in [-0.15, -0.1) is 34.9 Å². The third-order valence-corrected chi connectivity index (χ3v) is 8.53. The molecule has 1 amide bonds. The molecule has 1 aromatic carbocycles. The maximum atomic E-state index is 12.8. The van der Waals surface area contributed by atoms with Crippen molar-refractivity contribution in [2.24, 2.45) is 0 Å². The average molecular weight is 404 g/mol. The van der Waals surface area contributed by atoms with Crippen molar-refractivity contribution >= 4 is 45.7 Å². The number of rotatable bonds is 4. The van der Waals surface area contributed by atoms with E-state index in [0.29, 0.717) is 11.1 Å². The summed E-state index contributed by atoms with van der Waals surface area (Å²) < 4.78 is 2.62. The van der Waals surface area contributed by atoms with Crippen LogP contribution in [0.15, 0.2) is 30.5 Å². The van der Waals surface area contributed by atoms with Crippen molar-refractivity contribution in [3.05, 3.63) is 57.9 Å². The van der Waals surface area contributed by atoms with Crippen molar-refractivity contribution in [2.75, 3.05) is 18.6 Å². The number of fused-ring (bicyclic) bond motifs is 1. The highest BCUT2D eigenvalue weighted by molar-refractivity contribution is 8.19. The van der Waals surface area contributed by atoms with Gasteiger partial charge in [0.25, 0.3) is 5.91 Å². The van der Waals surface area contributed by atoms with E-state index >= 15 is 0 Å². The minimum Gasteiger partial charge on any atom is -0.336 e. The molecule has 136 valence electrons. The van der Waals surface area contributed by atoms with Gasteiger partial charge in [-0.25, -0.2) is 4.98 Å². The van der Waals surface area contributed by atoms with E-state index in [2.05, 4.69) is 34.6 Å². The Morgan fingerprint density at radius 3 is 2.62 bits per heavy atom. The van der Waals surface area contributed by atoms with Crippen molar-refractivity contribution < 1.29 is 4.79 Å². The van der Waals surface area contributed by atoms with E-state index in [1.54, 1.807) is 16.2 Å². The molecule has 0 saturated carbocycles. The number of benzene rings is 1. The normalized spacial score (nSPS) is 15.0. The number of carbonyl (C=O) groups excluding carboxylic acids is 1. The van der Waals surface area contributed by atoms with Gasteiger partial charge in [0.05, 0.1) is 22.5 Å². The summed E-state index contributed by atoms with van der Waals surface area (Å²) in [4.78, 5) is 21.4. The van der Waals surface area contributed by atoms with Crippen LogP contribution < -0.4 is 0 Å². The number of thioether (sulfide) groups is 2. The Balaban J connectivity index is 1.51. The first kappa shape index (κ1) is 17.9. The van der Waals surface area contributed by atoms with Gasteiger partial charge in [-0.2, -0.15) is 0 Å². The van der Waals surface area contributed by atoms with E-state index in [1.165, 1.54) is 21.9 Å². The zero-order valence-corrected chi connectivity index (χ0v) is 17.5. The molecule has 26 heavy (non-hydrogen) atoms. The number of aryl methyl sites for hydroxylation is 2. The predicted octanol–water partition coefficient (Wildman–Crippen LogP) is 4.76. The molecule has 0 bridgehead atoms. The second-order valence-electron chi connectivity index (χ2n) is 6.50. The third kappa shape index (κ3) is 3.40. The first-order chi connectivity index (χ1) is 12.5. The fraction of sp³-hybridized carbons (Fsp3) is 0.368. The molecular weight excluding hydrogens is 382 g/mol. The van der Waals surface area contributed by atoms with Crippen LogP contribution in [0.4, 0.5) is 0 Å². The molecule has 1 aliphatic heterocycles. The number of thiazole rings is 1. The maximum absolute atomic E-state index is 12.8. The highest BCUT2D eigenvalue weighted by Crippen LogP contribution is 2.45. The van der Waals surface area contributed by atoms with Crippen molar-refractivity contribution in [3.63, 3.8) is 0 Å². The molecular formula is C19H21N3OS3. The number of hydrogen-bond acceptors (Lipinski definition) is 5. The molecule has 4 nitrogen and oxygen atoms in total. The molecule has 7 heteroatoms. The lowest BCUT2D eigenvalue weighted by Gasteiger charge is -2.18. The van der Waals surface area contributed by atoms with Gasteiger partial charge in [-0.05, 0) is 31.5 Å². The van der Waals surface area contributed by atoms with E-state index in [4.69, 9.17) is 0 Å². The van der Waals surface area contributed by atoms with Crippen LogP contribution in [0.3, 0.4) is 0 Å². The molecule has 0 atom stereocenters. The molecule has 0 radical (unpaired) electrons.